The summed E-state index contributed by atoms with van der Waals surface area (Å²) in [6.07, 6.45) is 4.92. The molecule has 2 aromatic rings. The number of nitrogens with zero attached hydrogens (tertiary/aromatic N) is 2. The first kappa shape index (κ1) is 19.4. The zero-order valence-corrected chi connectivity index (χ0v) is 15.4. The van der Waals surface area contributed by atoms with Crippen molar-refractivity contribution in [3.05, 3.63) is 40.8 Å². The Bertz CT molecular complexity index is 669. The van der Waals surface area contributed by atoms with Gasteiger partial charge in [0.25, 0.3) is 5.91 Å². The van der Waals surface area contributed by atoms with Crippen LogP contribution in [0.1, 0.15) is 22.5 Å². The van der Waals surface area contributed by atoms with Crippen molar-refractivity contribution in [1.82, 2.24) is 25.7 Å². The van der Waals surface area contributed by atoms with Crippen molar-refractivity contribution in [2.45, 2.75) is 18.4 Å². The highest BCUT2D eigenvalue weighted by molar-refractivity contribution is 7.12. The summed E-state index contributed by atoms with van der Waals surface area (Å²) >= 11 is 1.40. The maximum atomic E-state index is 12.8. The van der Waals surface area contributed by atoms with Crippen molar-refractivity contribution >= 4 is 35.6 Å². The highest BCUT2D eigenvalue weighted by atomic mass is 35.5. The molecule has 9 heteroatoms. The zero-order chi connectivity index (χ0) is 16.8. The average Bonchev–Trinajstić information content (AvgIpc) is 3.32. The highest BCUT2D eigenvalue weighted by Crippen LogP contribution is 2.26. The molecule has 0 spiro atoms. The summed E-state index contributed by atoms with van der Waals surface area (Å²) in [6.45, 7) is 2.35. The maximum Gasteiger partial charge on any atom is 0.261 e. The Morgan fingerprint density at radius 2 is 2.00 bits per heavy atom. The quantitative estimate of drug-likeness (QED) is 0.649. The van der Waals surface area contributed by atoms with Crippen LogP contribution < -0.4 is 16.0 Å². The second kappa shape index (κ2) is 8.98. The molecule has 25 heavy (non-hydrogen) atoms. The molecule has 0 radical (unpaired) electrons. The number of piperidine rings is 1. The first-order chi connectivity index (χ1) is 11.7. The molecule has 1 aliphatic heterocycles. The number of amides is 2. The summed E-state index contributed by atoms with van der Waals surface area (Å²) in [5, 5.41) is 15.2. The van der Waals surface area contributed by atoms with E-state index in [0.29, 0.717) is 30.8 Å². The standard InChI is InChI=1S/C16H21N5O2S.ClH/c22-14(13-3-1-12-24-13)18-9-10-19-15(23)16(4-7-17-8-5-16)21-11-2-6-20-21;/h1-3,6,11-12,17H,4-5,7-10H2,(H,18,22)(H,19,23);1H. The number of hydrogen-bond donors (Lipinski definition) is 3. The van der Waals surface area contributed by atoms with Crippen LogP contribution in [0.25, 0.3) is 0 Å². The van der Waals surface area contributed by atoms with E-state index in [9.17, 15) is 9.59 Å². The fraction of sp³-hybridized carbons (Fsp3) is 0.438. The Morgan fingerprint density at radius 1 is 1.24 bits per heavy atom. The molecular formula is C16H22ClN5O2S. The monoisotopic (exact) mass is 383 g/mol. The van der Waals surface area contributed by atoms with Gasteiger partial charge in [-0.2, -0.15) is 5.10 Å². The van der Waals surface area contributed by atoms with Crippen molar-refractivity contribution in [3.63, 3.8) is 0 Å². The van der Waals surface area contributed by atoms with Gasteiger partial charge in [0.1, 0.15) is 5.54 Å². The van der Waals surface area contributed by atoms with Gasteiger partial charge in [-0.1, -0.05) is 6.07 Å². The lowest BCUT2D eigenvalue weighted by atomic mass is 9.87. The van der Waals surface area contributed by atoms with Gasteiger partial charge in [-0.25, -0.2) is 0 Å². The maximum absolute atomic E-state index is 12.8. The summed E-state index contributed by atoms with van der Waals surface area (Å²) < 4.78 is 1.76. The second-order valence-corrected chi connectivity index (χ2v) is 6.67. The van der Waals surface area contributed by atoms with E-state index in [1.54, 1.807) is 16.9 Å². The lowest BCUT2D eigenvalue weighted by molar-refractivity contribution is -0.131. The van der Waals surface area contributed by atoms with E-state index >= 15 is 0 Å². The molecule has 2 aromatic heterocycles. The van der Waals surface area contributed by atoms with E-state index in [4.69, 9.17) is 0 Å². The number of rotatable bonds is 6. The number of carbonyl (C=O) groups excluding carboxylic acids is 2. The van der Waals surface area contributed by atoms with Crippen LogP contribution in [0.5, 0.6) is 0 Å². The number of thiophene rings is 1. The van der Waals surface area contributed by atoms with Crippen molar-refractivity contribution in [2.75, 3.05) is 26.2 Å². The van der Waals surface area contributed by atoms with Crippen LogP contribution >= 0.6 is 23.7 Å². The minimum Gasteiger partial charge on any atom is -0.352 e. The van der Waals surface area contributed by atoms with Crippen molar-refractivity contribution in [1.29, 1.82) is 0 Å². The number of hydrogen-bond acceptors (Lipinski definition) is 5. The van der Waals surface area contributed by atoms with Crippen LogP contribution in [0.2, 0.25) is 0 Å². The van der Waals surface area contributed by atoms with Crippen LogP contribution in [0.3, 0.4) is 0 Å². The third-order valence-corrected chi connectivity index (χ3v) is 5.11. The largest absolute Gasteiger partial charge is 0.352 e. The molecule has 0 aromatic carbocycles. The lowest BCUT2D eigenvalue weighted by Gasteiger charge is -2.36. The van der Waals surface area contributed by atoms with Gasteiger partial charge in [-0.3, -0.25) is 14.3 Å². The first-order valence-corrected chi connectivity index (χ1v) is 8.91. The first-order valence-electron chi connectivity index (χ1n) is 8.03. The molecule has 0 saturated carbocycles. The van der Waals surface area contributed by atoms with Gasteiger partial charge in [0.05, 0.1) is 4.88 Å². The van der Waals surface area contributed by atoms with Crippen molar-refractivity contribution in [2.24, 2.45) is 0 Å². The second-order valence-electron chi connectivity index (χ2n) is 5.72. The minimum atomic E-state index is -0.646. The fourth-order valence-corrected chi connectivity index (χ4v) is 3.57. The zero-order valence-electron chi connectivity index (χ0n) is 13.7. The molecule has 0 atom stereocenters. The summed E-state index contributed by atoms with van der Waals surface area (Å²) in [5.74, 6) is -0.152. The molecule has 0 unspecified atom stereocenters. The molecule has 1 saturated heterocycles. The Hall–Kier alpha value is -1.90. The molecule has 1 aliphatic rings. The number of aromatic nitrogens is 2. The van der Waals surface area contributed by atoms with E-state index in [1.807, 2.05) is 23.7 Å². The molecule has 1 fully saturated rings. The lowest BCUT2D eigenvalue weighted by Crippen LogP contribution is -2.55. The number of halogens is 1. The number of nitrogens with one attached hydrogen (secondary N) is 3. The molecule has 0 aliphatic carbocycles. The van der Waals surface area contributed by atoms with E-state index in [1.165, 1.54) is 11.3 Å². The van der Waals surface area contributed by atoms with Crippen LogP contribution in [0.4, 0.5) is 0 Å². The third kappa shape index (κ3) is 4.39. The van der Waals surface area contributed by atoms with Crippen LogP contribution in [-0.4, -0.2) is 47.8 Å². The Labute approximate surface area is 156 Å². The predicted molar refractivity (Wildman–Crippen MR) is 99.2 cm³/mol. The fourth-order valence-electron chi connectivity index (χ4n) is 2.93. The molecule has 2 amide bonds. The molecule has 3 heterocycles. The number of carbonyl (C=O) groups is 2. The highest BCUT2D eigenvalue weighted by Gasteiger charge is 2.41. The summed E-state index contributed by atoms with van der Waals surface area (Å²) in [5.41, 5.74) is -0.646. The molecule has 3 N–H and O–H groups in total. The van der Waals surface area contributed by atoms with Gasteiger partial charge in [0, 0.05) is 25.5 Å². The summed E-state index contributed by atoms with van der Waals surface area (Å²) in [7, 11) is 0. The topological polar surface area (TPSA) is 88.1 Å². The van der Waals surface area contributed by atoms with Gasteiger partial charge < -0.3 is 16.0 Å². The van der Waals surface area contributed by atoms with Crippen LogP contribution in [-0.2, 0) is 10.3 Å². The Morgan fingerprint density at radius 3 is 2.64 bits per heavy atom. The van der Waals surface area contributed by atoms with E-state index in [2.05, 4.69) is 21.0 Å². The van der Waals surface area contributed by atoms with Crippen LogP contribution in [0.15, 0.2) is 36.0 Å². The summed E-state index contributed by atoms with van der Waals surface area (Å²) in [6, 6.07) is 5.45. The van der Waals surface area contributed by atoms with Crippen molar-refractivity contribution < 1.29 is 9.59 Å². The van der Waals surface area contributed by atoms with Crippen LogP contribution in [0, 0.1) is 0 Å². The molecule has 136 valence electrons. The SMILES string of the molecule is Cl.O=C(NCCNC(=O)C1(n2cccn2)CCNCC1)c1cccs1. The van der Waals surface area contributed by atoms with Gasteiger partial charge in [0.15, 0.2) is 0 Å². The van der Waals surface area contributed by atoms with E-state index in [-0.39, 0.29) is 24.2 Å². The third-order valence-electron chi connectivity index (χ3n) is 4.24. The molecule has 7 nitrogen and oxygen atoms in total. The van der Waals surface area contributed by atoms with E-state index < -0.39 is 5.54 Å². The van der Waals surface area contributed by atoms with Gasteiger partial charge >= 0.3 is 0 Å². The smallest absolute Gasteiger partial charge is 0.261 e. The Balaban J connectivity index is 0.00000225. The predicted octanol–water partition coefficient (Wildman–Crippen LogP) is 0.991. The van der Waals surface area contributed by atoms with Gasteiger partial charge in [-0.05, 0) is 43.4 Å². The average molecular weight is 384 g/mol. The summed E-state index contributed by atoms with van der Waals surface area (Å²) in [4.78, 5) is 25.3. The normalized spacial score (nSPS) is 15.8. The Kier molecular flexibility index (Phi) is 6.98. The molecule has 0 bridgehead atoms. The molecule has 3 rings (SSSR count). The van der Waals surface area contributed by atoms with Crippen molar-refractivity contribution in [3.8, 4) is 0 Å². The minimum absolute atomic E-state index is 0. The van der Waals surface area contributed by atoms with E-state index in [0.717, 1.165) is 13.1 Å². The van der Waals surface area contributed by atoms with Gasteiger partial charge in [-0.15, -0.1) is 23.7 Å². The molecular weight excluding hydrogens is 362 g/mol. The van der Waals surface area contributed by atoms with Gasteiger partial charge in [0.2, 0.25) is 5.91 Å².